The maximum absolute atomic E-state index is 13.0. The van der Waals surface area contributed by atoms with Crippen molar-refractivity contribution in [3.05, 3.63) is 35.0 Å². The number of aryl methyl sites for hydroxylation is 1. The second-order valence-corrected chi connectivity index (χ2v) is 7.03. The predicted molar refractivity (Wildman–Crippen MR) is 94.7 cm³/mol. The van der Waals surface area contributed by atoms with Crippen LogP contribution in [0, 0.1) is 6.92 Å². The molecule has 0 bridgehead atoms. The number of hydrogen-bond acceptors (Lipinski definition) is 6. The van der Waals surface area contributed by atoms with Crippen LogP contribution in [0.2, 0.25) is 0 Å². The van der Waals surface area contributed by atoms with Gasteiger partial charge < -0.3 is 14.3 Å². The SMILES string of the molecule is Cc1nc(N(C)C)ncc1C(=O)N1CCCC1c1cc(C(C)C)on1. The second kappa shape index (κ2) is 6.82. The predicted octanol–water partition coefficient (Wildman–Crippen LogP) is 2.94. The fourth-order valence-electron chi connectivity index (χ4n) is 3.09. The van der Waals surface area contributed by atoms with Crippen molar-refractivity contribution in [2.75, 3.05) is 25.5 Å². The van der Waals surface area contributed by atoms with Crippen molar-refractivity contribution in [2.45, 2.75) is 45.6 Å². The first-order valence-corrected chi connectivity index (χ1v) is 8.67. The summed E-state index contributed by atoms with van der Waals surface area (Å²) in [4.78, 5) is 25.4. The summed E-state index contributed by atoms with van der Waals surface area (Å²) in [6.45, 7) is 6.69. The van der Waals surface area contributed by atoms with Gasteiger partial charge in [0.1, 0.15) is 11.5 Å². The second-order valence-electron chi connectivity index (χ2n) is 7.03. The first-order valence-electron chi connectivity index (χ1n) is 8.67. The molecule has 1 fully saturated rings. The third-order valence-electron chi connectivity index (χ3n) is 4.57. The minimum Gasteiger partial charge on any atom is -0.361 e. The highest BCUT2D eigenvalue weighted by Crippen LogP contribution is 2.34. The molecule has 1 atom stereocenters. The van der Waals surface area contributed by atoms with Crippen molar-refractivity contribution in [3.8, 4) is 0 Å². The molecule has 0 radical (unpaired) electrons. The molecule has 1 unspecified atom stereocenters. The summed E-state index contributed by atoms with van der Waals surface area (Å²) in [5, 5.41) is 4.20. The largest absolute Gasteiger partial charge is 0.361 e. The van der Waals surface area contributed by atoms with Gasteiger partial charge in [0, 0.05) is 38.8 Å². The van der Waals surface area contributed by atoms with Crippen LogP contribution in [0.25, 0.3) is 0 Å². The fourth-order valence-corrected chi connectivity index (χ4v) is 3.09. The number of carbonyl (C=O) groups is 1. The van der Waals surface area contributed by atoms with Crippen molar-refractivity contribution in [1.82, 2.24) is 20.0 Å². The van der Waals surface area contributed by atoms with Gasteiger partial charge >= 0.3 is 0 Å². The Balaban J connectivity index is 1.85. The van der Waals surface area contributed by atoms with Gasteiger partial charge in [-0.2, -0.15) is 0 Å². The molecule has 3 rings (SSSR count). The third kappa shape index (κ3) is 3.36. The van der Waals surface area contributed by atoms with E-state index in [0.717, 1.165) is 24.3 Å². The van der Waals surface area contributed by atoms with Crippen LogP contribution < -0.4 is 4.90 Å². The van der Waals surface area contributed by atoms with E-state index in [0.29, 0.717) is 23.8 Å². The normalized spacial score (nSPS) is 17.4. The summed E-state index contributed by atoms with van der Waals surface area (Å²) < 4.78 is 5.42. The Morgan fingerprint density at radius 3 is 2.76 bits per heavy atom. The third-order valence-corrected chi connectivity index (χ3v) is 4.57. The molecule has 0 spiro atoms. The van der Waals surface area contributed by atoms with Crippen molar-refractivity contribution in [2.24, 2.45) is 0 Å². The molecule has 7 heteroatoms. The quantitative estimate of drug-likeness (QED) is 0.849. The molecule has 1 amide bonds. The lowest BCUT2D eigenvalue weighted by Crippen LogP contribution is -2.31. The van der Waals surface area contributed by atoms with E-state index in [1.807, 2.05) is 36.9 Å². The van der Waals surface area contributed by atoms with Crippen LogP contribution in [0.1, 0.15) is 66.2 Å². The van der Waals surface area contributed by atoms with Gasteiger partial charge in [-0.25, -0.2) is 9.97 Å². The first-order chi connectivity index (χ1) is 11.9. The fraction of sp³-hybridized carbons (Fsp3) is 0.556. The summed E-state index contributed by atoms with van der Waals surface area (Å²) in [6, 6.07) is 1.93. The van der Waals surface area contributed by atoms with Gasteiger partial charge in [0.05, 0.1) is 17.3 Å². The zero-order valence-corrected chi connectivity index (χ0v) is 15.5. The van der Waals surface area contributed by atoms with Gasteiger partial charge in [-0.3, -0.25) is 4.79 Å². The Morgan fingerprint density at radius 1 is 1.40 bits per heavy atom. The van der Waals surface area contributed by atoms with Gasteiger partial charge in [-0.05, 0) is 19.8 Å². The number of amides is 1. The minimum absolute atomic E-state index is 0.0422. The summed E-state index contributed by atoms with van der Waals surface area (Å²) in [7, 11) is 3.76. The Morgan fingerprint density at radius 2 is 2.16 bits per heavy atom. The van der Waals surface area contributed by atoms with E-state index < -0.39 is 0 Å². The maximum atomic E-state index is 13.0. The van der Waals surface area contributed by atoms with E-state index >= 15 is 0 Å². The molecule has 0 aromatic carbocycles. The lowest BCUT2D eigenvalue weighted by Gasteiger charge is -2.23. The highest BCUT2D eigenvalue weighted by Gasteiger charge is 2.34. The molecule has 2 aromatic rings. The molecule has 1 aliphatic heterocycles. The molecule has 7 nitrogen and oxygen atoms in total. The number of nitrogens with zero attached hydrogens (tertiary/aromatic N) is 5. The number of carbonyl (C=O) groups excluding carboxylic acids is 1. The topological polar surface area (TPSA) is 75.4 Å². The van der Waals surface area contributed by atoms with E-state index in [-0.39, 0.29) is 17.9 Å². The first kappa shape index (κ1) is 17.4. The summed E-state index contributed by atoms with van der Waals surface area (Å²) in [5.74, 6) is 1.69. The van der Waals surface area contributed by atoms with Crippen LogP contribution in [0.3, 0.4) is 0 Å². The summed E-state index contributed by atoms with van der Waals surface area (Å²) in [6.07, 6.45) is 3.47. The molecule has 1 saturated heterocycles. The molecule has 2 aromatic heterocycles. The van der Waals surface area contributed by atoms with E-state index in [1.165, 1.54) is 0 Å². The lowest BCUT2D eigenvalue weighted by atomic mass is 10.1. The van der Waals surface area contributed by atoms with Crippen LogP contribution in [-0.4, -0.2) is 46.6 Å². The number of anilines is 1. The monoisotopic (exact) mass is 343 g/mol. The summed E-state index contributed by atoms with van der Waals surface area (Å²) >= 11 is 0. The molecule has 0 aliphatic carbocycles. The molecule has 1 aliphatic rings. The molecular weight excluding hydrogens is 318 g/mol. The van der Waals surface area contributed by atoms with Crippen LogP contribution in [0.15, 0.2) is 16.8 Å². The highest BCUT2D eigenvalue weighted by atomic mass is 16.5. The van der Waals surface area contributed by atoms with Crippen LogP contribution in [0.4, 0.5) is 5.95 Å². The molecule has 0 N–H and O–H groups in total. The van der Waals surface area contributed by atoms with E-state index in [1.54, 1.807) is 6.20 Å². The highest BCUT2D eigenvalue weighted by molar-refractivity contribution is 5.95. The van der Waals surface area contributed by atoms with Crippen LogP contribution in [-0.2, 0) is 0 Å². The van der Waals surface area contributed by atoms with Gasteiger partial charge in [-0.1, -0.05) is 19.0 Å². The van der Waals surface area contributed by atoms with E-state index in [9.17, 15) is 4.79 Å². The number of rotatable bonds is 4. The lowest BCUT2D eigenvalue weighted by molar-refractivity contribution is 0.0729. The van der Waals surface area contributed by atoms with Crippen molar-refractivity contribution < 1.29 is 9.32 Å². The molecule has 3 heterocycles. The van der Waals surface area contributed by atoms with Gasteiger partial charge in [-0.15, -0.1) is 0 Å². The molecule has 0 saturated carbocycles. The van der Waals surface area contributed by atoms with E-state index in [2.05, 4.69) is 29.0 Å². The Kier molecular flexibility index (Phi) is 4.74. The maximum Gasteiger partial charge on any atom is 0.257 e. The standard InChI is InChI=1S/C18H25N5O2/c1-11(2)16-9-14(21-25-16)15-7-6-8-23(15)17(24)13-10-19-18(22(4)5)20-12(13)3/h9-11,15H,6-8H2,1-5H3. The van der Waals surface area contributed by atoms with Crippen molar-refractivity contribution in [1.29, 1.82) is 0 Å². The summed E-state index contributed by atoms with van der Waals surface area (Å²) in [5.41, 5.74) is 2.07. The zero-order chi connectivity index (χ0) is 18.1. The van der Waals surface area contributed by atoms with Crippen LogP contribution in [0.5, 0.6) is 0 Å². The van der Waals surface area contributed by atoms with Gasteiger partial charge in [0.2, 0.25) is 5.95 Å². The van der Waals surface area contributed by atoms with Crippen molar-refractivity contribution in [3.63, 3.8) is 0 Å². The minimum atomic E-state index is -0.0447. The van der Waals surface area contributed by atoms with Crippen molar-refractivity contribution >= 4 is 11.9 Å². The van der Waals surface area contributed by atoms with Crippen LogP contribution >= 0.6 is 0 Å². The average molecular weight is 343 g/mol. The van der Waals surface area contributed by atoms with E-state index in [4.69, 9.17) is 4.52 Å². The molecule has 134 valence electrons. The smallest absolute Gasteiger partial charge is 0.257 e. The van der Waals surface area contributed by atoms with Gasteiger partial charge in [0.25, 0.3) is 5.91 Å². The number of likely N-dealkylation sites (tertiary alicyclic amines) is 1. The molecular formula is C18H25N5O2. The average Bonchev–Trinajstić information content (AvgIpc) is 3.22. The number of hydrogen-bond donors (Lipinski definition) is 0. The molecule has 25 heavy (non-hydrogen) atoms. The van der Waals surface area contributed by atoms with Gasteiger partial charge in [0.15, 0.2) is 0 Å². The Labute approximate surface area is 148 Å². The Hall–Kier alpha value is -2.44. The number of aromatic nitrogens is 3. The zero-order valence-electron chi connectivity index (χ0n) is 15.5. The Bertz CT molecular complexity index is 769.